The normalized spacial score (nSPS) is 11.5. The summed E-state index contributed by atoms with van der Waals surface area (Å²) in [7, 11) is 1.21. The Morgan fingerprint density at radius 2 is 1.86 bits per heavy atom. The maximum Gasteiger partial charge on any atom is 0.326 e. The maximum atomic E-state index is 11.9. The number of methoxy groups -OCH3 is 1. The number of aliphatic carboxylic acids is 1. The van der Waals surface area contributed by atoms with E-state index in [1.54, 1.807) is 12.1 Å². The molecule has 21 heavy (non-hydrogen) atoms. The van der Waals surface area contributed by atoms with Crippen molar-refractivity contribution in [2.75, 3.05) is 7.11 Å². The van der Waals surface area contributed by atoms with Gasteiger partial charge in [-0.2, -0.15) is 0 Å². The highest BCUT2D eigenvalue weighted by Crippen LogP contribution is 2.06. The Hall–Kier alpha value is -2.41. The zero-order valence-corrected chi connectivity index (χ0v) is 11.5. The first kappa shape index (κ1) is 16.6. The van der Waals surface area contributed by atoms with Crippen LogP contribution in [0.5, 0.6) is 0 Å². The van der Waals surface area contributed by atoms with Gasteiger partial charge in [0.1, 0.15) is 6.04 Å². The molecule has 0 spiro atoms. The Bertz CT molecular complexity index is 511. The Morgan fingerprint density at radius 1 is 1.24 bits per heavy atom. The maximum absolute atomic E-state index is 11.9. The third-order valence-corrected chi connectivity index (χ3v) is 2.87. The molecule has 0 fully saturated rings. The van der Waals surface area contributed by atoms with Crippen molar-refractivity contribution in [3.8, 4) is 0 Å². The standard InChI is InChI=1S/C14H17NO6/c1-21-12(17)7-6-11(14(19)20)15-13(18)10-4-2-9(8-16)3-5-10/h2-5,11,16H,6-8H2,1H3,(H,15,18)(H,19,20)/t11-/m1/s1. The van der Waals surface area contributed by atoms with Crippen LogP contribution in [0.15, 0.2) is 24.3 Å². The van der Waals surface area contributed by atoms with Gasteiger partial charge in [-0.15, -0.1) is 0 Å². The third-order valence-electron chi connectivity index (χ3n) is 2.87. The van der Waals surface area contributed by atoms with Crippen LogP contribution in [0.25, 0.3) is 0 Å². The van der Waals surface area contributed by atoms with E-state index in [1.165, 1.54) is 19.2 Å². The van der Waals surface area contributed by atoms with E-state index < -0.39 is 23.9 Å². The van der Waals surface area contributed by atoms with Crippen LogP contribution >= 0.6 is 0 Å². The molecule has 0 aliphatic rings. The number of aliphatic hydroxyl groups is 1. The minimum atomic E-state index is -1.22. The van der Waals surface area contributed by atoms with E-state index in [0.717, 1.165) is 0 Å². The number of esters is 1. The lowest BCUT2D eigenvalue weighted by Crippen LogP contribution is -2.41. The number of rotatable bonds is 7. The molecule has 114 valence electrons. The smallest absolute Gasteiger partial charge is 0.326 e. The molecule has 7 heteroatoms. The highest BCUT2D eigenvalue weighted by Gasteiger charge is 2.21. The number of carbonyl (C=O) groups excluding carboxylic acids is 2. The molecule has 0 heterocycles. The van der Waals surface area contributed by atoms with Crippen molar-refractivity contribution in [2.45, 2.75) is 25.5 Å². The molecule has 1 amide bonds. The first-order chi connectivity index (χ1) is 9.97. The number of carbonyl (C=O) groups is 3. The van der Waals surface area contributed by atoms with E-state index in [9.17, 15) is 14.4 Å². The summed E-state index contributed by atoms with van der Waals surface area (Å²) in [5, 5.41) is 20.3. The second-order valence-corrected chi connectivity index (χ2v) is 4.33. The quantitative estimate of drug-likeness (QED) is 0.624. The topological polar surface area (TPSA) is 113 Å². The van der Waals surface area contributed by atoms with Gasteiger partial charge in [-0.3, -0.25) is 9.59 Å². The number of nitrogens with one attached hydrogen (secondary N) is 1. The monoisotopic (exact) mass is 295 g/mol. The van der Waals surface area contributed by atoms with E-state index in [0.29, 0.717) is 5.56 Å². The summed E-state index contributed by atoms with van der Waals surface area (Å²) in [5.74, 6) is -2.32. The van der Waals surface area contributed by atoms with Gasteiger partial charge in [-0.1, -0.05) is 12.1 Å². The zero-order chi connectivity index (χ0) is 15.8. The van der Waals surface area contributed by atoms with Gasteiger partial charge >= 0.3 is 11.9 Å². The van der Waals surface area contributed by atoms with E-state index in [4.69, 9.17) is 10.2 Å². The van der Waals surface area contributed by atoms with Gasteiger partial charge in [-0.25, -0.2) is 4.79 Å². The fourth-order valence-corrected chi connectivity index (χ4v) is 1.62. The van der Waals surface area contributed by atoms with Crippen molar-refractivity contribution >= 4 is 17.8 Å². The van der Waals surface area contributed by atoms with Crippen LogP contribution in [-0.4, -0.2) is 41.2 Å². The predicted octanol–water partition coefficient (Wildman–Crippen LogP) is 0.315. The second kappa shape index (κ2) is 8.01. The van der Waals surface area contributed by atoms with Crippen LogP contribution in [0.4, 0.5) is 0 Å². The van der Waals surface area contributed by atoms with Gasteiger partial charge in [0.15, 0.2) is 0 Å². The molecule has 1 rings (SSSR count). The minimum Gasteiger partial charge on any atom is -0.480 e. The molecule has 0 radical (unpaired) electrons. The van der Waals surface area contributed by atoms with Crippen LogP contribution in [0.2, 0.25) is 0 Å². The van der Waals surface area contributed by atoms with Gasteiger partial charge in [0.25, 0.3) is 5.91 Å². The molecule has 0 saturated heterocycles. The molecular formula is C14H17NO6. The molecule has 1 aromatic rings. The molecule has 0 saturated carbocycles. The largest absolute Gasteiger partial charge is 0.480 e. The molecule has 0 aliphatic carbocycles. The molecule has 0 aromatic heterocycles. The van der Waals surface area contributed by atoms with Gasteiger partial charge in [-0.05, 0) is 24.1 Å². The number of amides is 1. The Morgan fingerprint density at radius 3 is 2.33 bits per heavy atom. The Labute approximate surface area is 121 Å². The summed E-state index contributed by atoms with van der Waals surface area (Å²) in [6.45, 7) is -0.140. The van der Waals surface area contributed by atoms with Crippen molar-refractivity contribution in [3.05, 3.63) is 35.4 Å². The Balaban J connectivity index is 2.66. The fourth-order valence-electron chi connectivity index (χ4n) is 1.62. The van der Waals surface area contributed by atoms with Crippen molar-refractivity contribution in [1.29, 1.82) is 0 Å². The van der Waals surface area contributed by atoms with Crippen molar-refractivity contribution in [3.63, 3.8) is 0 Å². The molecule has 1 atom stereocenters. The summed E-state index contributed by atoms with van der Waals surface area (Å²) in [6, 6.07) is 4.94. The van der Waals surface area contributed by atoms with Crippen molar-refractivity contribution < 1.29 is 29.3 Å². The number of hydrogen-bond donors (Lipinski definition) is 3. The van der Waals surface area contributed by atoms with E-state index in [2.05, 4.69) is 10.1 Å². The van der Waals surface area contributed by atoms with Crippen LogP contribution < -0.4 is 5.32 Å². The lowest BCUT2D eigenvalue weighted by atomic mass is 10.1. The first-order valence-electron chi connectivity index (χ1n) is 6.28. The number of carboxylic acid groups (broad SMARTS) is 1. The number of carboxylic acids is 1. The average molecular weight is 295 g/mol. The minimum absolute atomic E-state index is 0.0531. The lowest BCUT2D eigenvalue weighted by molar-refractivity contribution is -0.142. The highest BCUT2D eigenvalue weighted by molar-refractivity contribution is 5.96. The Kier molecular flexibility index (Phi) is 6.35. The summed E-state index contributed by atoms with van der Waals surface area (Å²) < 4.78 is 4.43. The van der Waals surface area contributed by atoms with Gasteiger partial charge in [0, 0.05) is 12.0 Å². The van der Waals surface area contributed by atoms with Crippen LogP contribution in [-0.2, 0) is 20.9 Å². The number of aliphatic hydroxyl groups excluding tert-OH is 1. The summed E-state index contributed by atoms with van der Waals surface area (Å²) >= 11 is 0. The molecule has 1 aromatic carbocycles. The molecule has 0 aliphatic heterocycles. The highest BCUT2D eigenvalue weighted by atomic mass is 16.5. The molecule has 7 nitrogen and oxygen atoms in total. The average Bonchev–Trinajstić information content (AvgIpc) is 2.50. The molecule has 3 N–H and O–H groups in total. The van der Waals surface area contributed by atoms with Gasteiger partial charge in [0.05, 0.1) is 13.7 Å². The first-order valence-corrected chi connectivity index (χ1v) is 6.28. The second-order valence-electron chi connectivity index (χ2n) is 4.33. The summed E-state index contributed by atoms with van der Waals surface area (Å²) in [6.07, 6.45) is -0.153. The van der Waals surface area contributed by atoms with Gasteiger partial charge in [0.2, 0.25) is 0 Å². The van der Waals surface area contributed by atoms with Crippen LogP contribution in [0, 0.1) is 0 Å². The molecule has 0 unspecified atom stereocenters. The summed E-state index contributed by atoms with van der Waals surface area (Å²) in [4.78, 5) is 34.0. The number of hydrogen-bond acceptors (Lipinski definition) is 5. The molecule has 0 bridgehead atoms. The zero-order valence-electron chi connectivity index (χ0n) is 11.5. The fraction of sp³-hybridized carbons (Fsp3) is 0.357. The van der Waals surface area contributed by atoms with Gasteiger partial charge < -0.3 is 20.3 Å². The molecular weight excluding hydrogens is 278 g/mol. The van der Waals surface area contributed by atoms with Crippen molar-refractivity contribution in [2.24, 2.45) is 0 Å². The third kappa shape index (κ3) is 5.23. The van der Waals surface area contributed by atoms with E-state index >= 15 is 0 Å². The van der Waals surface area contributed by atoms with E-state index in [-0.39, 0.29) is 25.0 Å². The number of benzene rings is 1. The SMILES string of the molecule is COC(=O)CC[C@@H](NC(=O)c1ccc(CO)cc1)C(=O)O. The van der Waals surface area contributed by atoms with Crippen molar-refractivity contribution in [1.82, 2.24) is 5.32 Å². The predicted molar refractivity (Wildman–Crippen MR) is 72.5 cm³/mol. The van der Waals surface area contributed by atoms with Crippen LogP contribution in [0.3, 0.4) is 0 Å². The summed E-state index contributed by atoms with van der Waals surface area (Å²) in [5.41, 5.74) is 0.920. The van der Waals surface area contributed by atoms with E-state index in [1.807, 2.05) is 0 Å². The number of ether oxygens (including phenoxy) is 1. The lowest BCUT2D eigenvalue weighted by Gasteiger charge is -2.14. The van der Waals surface area contributed by atoms with Crippen LogP contribution in [0.1, 0.15) is 28.8 Å².